The summed E-state index contributed by atoms with van der Waals surface area (Å²) in [5, 5.41) is 11.7. The highest BCUT2D eigenvalue weighted by molar-refractivity contribution is 5.89. The monoisotopic (exact) mass is 349 g/mol. The van der Waals surface area contributed by atoms with E-state index in [2.05, 4.69) is 5.32 Å². The molecule has 0 aliphatic carbocycles. The molecule has 1 unspecified atom stereocenters. The number of nitrogens with one attached hydrogen (secondary N) is 1. The van der Waals surface area contributed by atoms with Crippen LogP contribution in [0.4, 0.5) is 4.79 Å². The van der Waals surface area contributed by atoms with Crippen molar-refractivity contribution in [2.45, 2.75) is 38.0 Å². The number of aliphatic carboxylic acids is 1. The molecule has 2 rings (SSSR count). The number of rotatable bonds is 6. The van der Waals surface area contributed by atoms with Crippen molar-refractivity contribution in [1.29, 1.82) is 0 Å². The Morgan fingerprint density at radius 1 is 1.28 bits per heavy atom. The van der Waals surface area contributed by atoms with E-state index >= 15 is 0 Å². The maximum absolute atomic E-state index is 12.6. The first-order valence-electron chi connectivity index (χ1n) is 8.23. The number of hydrogen-bond acceptors (Lipinski definition) is 5. The average Bonchev–Trinajstić information content (AvgIpc) is 2.64. The number of carboxylic acid groups (broad SMARTS) is 1. The molecule has 136 valence electrons. The van der Waals surface area contributed by atoms with Gasteiger partial charge in [-0.25, -0.2) is 9.59 Å². The minimum absolute atomic E-state index is 0.0691. The van der Waals surface area contributed by atoms with E-state index in [9.17, 15) is 19.5 Å². The second kappa shape index (κ2) is 9.03. The van der Waals surface area contributed by atoms with Gasteiger partial charge in [-0.3, -0.25) is 4.79 Å². The molecule has 4 N–H and O–H groups in total. The van der Waals surface area contributed by atoms with Gasteiger partial charge in [0.15, 0.2) is 0 Å². The second-order valence-electron chi connectivity index (χ2n) is 5.88. The lowest BCUT2D eigenvalue weighted by Gasteiger charge is -2.35. The number of nitrogens with zero attached hydrogens (tertiary/aromatic N) is 1. The number of nitrogens with two attached hydrogens (primary N) is 1. The van der Waals surface area contributed by atoms with Crippen LogP contribution in [-0.4, -0.2) is 53.1 Å². The van der Waals surface area contributed by atoms with Gasteiger partial charge in [0.25, 0.3) is 0 Å². The molecule has 0 saturated carbocycles. The predicted octanol–water partition coefficient (Wildman–Crippen LogP) is 0.706. The zero-order valence-electron chi connectivity index (χ0n) is 13.9. The largest absolute Gasteiger partial charge is 0.480 e. The van der Waals surface area contributed by atoms with Crippen LogP contribution in [-0.2, 0) is 20.9 Å². The summed E-state index contributed by atoms with van der Waals surface area (Å²) in [4.78, 5) is 37.1. The maximum atomic E-state index is 12.6. The Balaban J connectivity index is 1.92. The fraction of sp³-hybridized carbons (Fsp3) is 0.471. The number of amides is 2. The second-order valence-corrected chi connectivity index (χ2v) is 5.88. The normalized spacial score (nSPS) is 18.3. The average molecular weight is 349 g/mol. The van der Waals surface area contributed by atoms with Gasteiger partial charge in [-0.2, -0.15) is 0 Å². The maximum Gasteiger partial charge on any atom is 0.408 e. The van der Waals surface area contributed by atoms with Gasteiger partial charge in [0.1, 0.15) is 18.7 Å². The molecule has 1 heterocycles. The lowest BCUT2D eigenvalue weighted by molar-refractivity contribution is -0.152. The van der Waals surface area contributed by atoms with Crippen LogP contribution in [0.5, 0.6) is 0 Å². The Labute approximate surface area is 145 Å². The Morgan fingerprint density at radius 3 is 2.64 bits per heavy atom. The highest BCUT2D eigenvalue weighted by Crippen LogP contribution is 2.18. The summed E-state index contributed by atoms with van der Waals surface area (Å²) in [6.45, 7) is 0.273. The van der Waals surface area contributed by atoms with E-state index in [0.717, 1.165) is 18.4 Å². The number of hydrogen-bond donors (Lipinski definition) is 3. The van der Waals surface area contributed by atoms with Crippen LogP contribution in [0.1, 0.15) is 24.8 Å². The number of ether oxygens (including phenoxy) is 1. The van der Waals surface area contributed by atoms with Gasteiger partial charge in [0.05, 0.1) is 0 Å². The van der Waals surface area contributed by atoms with Gasteiger partial charge in [-0.05, 0) is 24.8 Å². The van der Waals surface area contributed by atoms with Crippen LogP contribution >= 0.6 is 0 Å². The molecular formula is C17H23N3O5. The molecule has 1 fully saturated rings. The summed E-state index contributed by atoms with van der Waals surface area (Å²) >= 11 is 0. The zero-order valence-corrected chi connectivity index (χ0v) is 13.9. The summed E-state index contributed by atoms with van der Waals surface area (Å²) in [6, 6.07) is 7.23. The quantitative estimate of drug-likeness (QED) is 0.695. The SMILES string of the molecule is NC[C@H](NC(=O)OCc1ccccc1)C(=O)N1CCCCC1C(=O)O. The first-order chi connectivity index (χ1) is 12.0. The molecule has 25 heavy (non-hydrogen) atoms. The van der Waals surface area contributed by atoms with Crippen LogP contribution in [0.2, 0.25) is 0 Å². The molecule has 1 aliphatic rings. The summed E-state index contributed by atoms with van der Waals surface area (Å²) in [5.74, 6) is -1.54. The molecule has 0 bridgehead atoms. The summed E-state index contributed by atoms with van der Waals surface area (Å²) in [7, 11) is 0. The summed E-state index contributed by atoms with van der Waals surface area (Å²) in [6.07, 6.45) is 1.11. The molecule has 1 aromatic rings. The lowest BCUT2D eigenvalue weighted by atomic mass is 10.0. The van der Waals surface area contributed by atoms with Crippen molar-refractivity contribution in [3.8, 4) is 0 Å². The van der Waals surface area contributed by atoms with E-state index in [4.69, 9.17) is 10.5 Å². The Kier molecular flexibility index (Phi) is 6.76. The van der Waals surface area contributed by atoms with Gasteiger partial charge in [0, 0.05) is 13.1 Å². The van der Waals surface area contributed by atoms with Crippen molar-refractivity contribution in [2.24, 2.45) is 5.73 Å². The molecule has 2 amide bonds. The Bertz CT molecular complexity index is 608. The molecule has 8 heteroatoms. The number of carbonyl (C=O) groups is 3. The predicted molar refractivity (Wildman–Crippen MR) is 89.6 cm³/mol. The van der Waals surface area contributed by atoms with Crippen LogP contribution in [0.15, 0.2) is 30.3 Å². The Hall–Kier alpha value is -2.61. The molecule has 1 saturated heterocycles. The standard InChI is InChI=1S/C17H23N3O5/c18-10-13(15(21)20-9-5-4-8-14(20)16(22)23)19-17(24)25-11-12-6-2-1-3-7-12/h1-3,6-7,13-14H,4-5,8-11,18H2,(H,19,24)(H,22,23)/t13-,14?/m0/s1. The van der Waals surface area contributed by atoms with E-state index < -0.39 is 30.1 Å². The minimum atomic E-state index is -1.05. The van der Waals surface area contributed by atoms with Crippen molar-refractivity contribution >= 4 is 18.0 Å². The number of carboxylic acids is 1. The van der Waals surface area contributed by atoms with Gasteiger partial charge in [-0.15, -0.1) is 0 Å². The summed E-state index contributed by atoms with van der Waals surface area (Å²) in [5.41, 5.74) is 6.41. The molecule has 1 aliphatic heterocycles. The molecule has 8 nitrogen and oxygen atoms in total. The molecular weight excluding hydrogens is 326 g/mol. The number of likely N-dealkylation sites (tertiary alicyclic amines) is 1. The Morgan fingerprint density at radius 2 is 2.00 bits per heavy atom. The minimum Gasteiger partial charge on any atom is -0.480 e. The lowest BCUT2D eigenvalue weighted by Crippen LogP contribution is -2.57. The van der Waals surface area contributed by atoms with E-state index in [-0.39, 0.29) is 13.2 Å². The van der Waals surface area contributed by atoms with Gasteiger partial charge in [-0.1, -0.05) is 30.3 Å². The third-order valence-electron chi connectivity index (χ3n) is 4.11. The topological polar surface area (TPSA) is 122 Å². The van der Waals surface area contributed by atoms with Crippen molar-refractivity contribution in [2.75, 3.05) is 13.1 Å². The van der Waals surface area contributed by atoms with Crippen molar-refractivity contribution in [3.63, 3.8) is 0 Å². The third-order valence-corrected chi connectivity index (χ3v) is 4.11. The highest BCUT2D eigenvalue weighted by atomic mass is 16.5. The molecule has 0 aromatic heterocycles. The third kappa shape index (κ3) is 5.18. The van der Waals surface area contributed by atoms with Gasteiger partial charge >= 0.3 is 12.1 Å². The van der Waals surface area contributed by atoms with Crippen molar-refractivity contribution in [1.82, 2.24) is 10.2 Å². The van der Waals surface area contributed by atoms with Gasteiger partial charge in [0.2, 0.25) is 5.91 Å². The molecule has 0 radical (unpaired) electrons. The fourth-order valence-electron chi connectivity index (χ4n) is 2.78. The molecule has 2 atom stereocenters. The van der Waals surface area contributed by atoms with E-state index in [1.54, 1.807) is 0 Å². The van der Waals surface area contributed by atoms with Crippen molar-refractivity contribution < 1.29 is 24.2 Å². The highest BCUT2D eigenvalue weighted by Gasteiger charge is 2.35. The van der Waals surface area contributed by atoms with Crippen LogP contribution in [0, 0.1) is 0 Å². The van der Waals surface area contributed by atoms with E-state index in [1.807, 2.05) is 30.3 Å². The molecule has 0 spiro atoms. The number of alkyl carbamates (subject to hydrolysis) is 1. The number of piperidine rings is 1. The van der Waals surface area contributed by atoms with Crippen LogP contribution in [0.25, 0.3) is 0 Å². The molecule has 1 aromatic carbocycles. The number of carbonyl (C=O) groups excluding carboxylic acids is 2. The van der Waals surface area contributed by atoms with E-state index in [1.165, 1.54) is 4.90 Å². The van der Waals surface area contributed by atoms with Crippen LogP contribution < -0.4 is 11.1 Å². The zero-order chi connectivity index (χ0) is 18.2. The smallest absolute Gasteiger partial charge is 0.408 e. The van der Waals surface area contributed by atoms with Gasteiger partial charge < -0.3 is 25.8 Å². The number of benzene rings is 1. The van der Waals surface area contributed by atoms with Crippen molar-refractivity contribution in [3.05, 3.63) is 35.9 Å². The first kappa shape index (κ1) is 18.7. The summed E-state index contributed by atoms with van der Waals surface area (Å²) < 4.78 is 5.08. The fourth-order valence-corrected chi connectivity index (χ4v) is 2.78. The van der Waals surface area contributed by atoms with Crippen LogP contribution in [0.3, 0.4) is 0 Å². The first-order valence-corrected chi connectivity index (χ1v) is 8.23. The van der Waals surface area contributed by atoms with E-state index in [0.29, 0.717) is 13.0 Å².